The number of benzene rings is 1. The second-order valence-corrected chi connectivity index (χ2v) is 8.95. The molecule has 0 unspecified atom stereocenters. The molecule has 0 amide bonds. The fraction of sp³-hybridized carbons (Fsp3) is 0.185. The molecule has 0 aliphatic heterocycles. The van der Waals surface area contributed by atoms with Gasteiger partial charge in [0.25, 0.3) is 5.88 Å². The van der Waals surface area contributed by atoms with Crippen LogP contribution in [0.2, 0.25) is 5.02 Å². The maximum atomic E-state index is 11.4. The number of fused-ring (bicyclic) bond motifs is 1. The number of carbonyl (C=O) groups is 1. The number of anilines is 1. The quantitative estimate of drug-likeness (QED) is 0.290. The van der Waals surface area contributed by atoms with Crippen molar-refractivity contribution in [2.45, 2.75) is 19.4 Å². The summed E-state index contributed by atoms with van der Waals surface area (Å²) in [4.78, 5) is 29.5. The van der Waals surface area contributed by atoms with E-state index in [-0.39, 0.29) is 24.3 Å². The zero-order valence-electron chi connectivity index (χ0n) is 20.8. The van der Waals surface area contributed by atoms with Crippen LogP contribution in [0, 0.1) is 0 Å². The third kappa shape index (κ3) is 5.40. The second kappa shape index (κ2) is 10.8. The number of hydrogen-bond acceptors (Lipinski definition) is 9. The Labute approximate surface area is 223 Å². The molecule has 4 heterocycles. The maximum absolute atomic E-state index is 11.4. The van der Waals surface area contributed by atoms with Gasteiger partial charge in [-0.25, -0.2) is 9.97 Å². The van der Waals surface area contributed by atoms with Crippen molar-refractivity contribution >= 4 is 34.3 Å². The fourth-order valence-electron chi connectivity index (χ4n) is 3.92. The SMILES string of the molecule is COC(=O)CCc1ccc(COc2nc(-c3cc(Cl)c4ncccc4c3)c(-c3ccn(C)n3)nc2N)nc1. The van der Waals surface area contributed by atoms with Crippen LogP contribution in [0.5, 0.6) is 5.88 Å². The van der Waals surface area contributed by atoms with E-state index in [2.05, 4.69) is 24.8 Å². The van der Waals surface area contributed by atoms with Crippen molar-refractivity contribution in [2.75, 3.05) is 12.8 Å². The molecule has 0 fully saturated rings. The van der Waals surface area contributed by atoms with Crippen molar-refractivity contribution in [3.63, 3.8) is 0 Å². The lowest BCUT2D eigenvalue weighted by Gasteiger charge is -2.13. The van der Waals surface area contributed by atoms with E-state index in [4.69, 9.17) is 27.1 Å². The van der Waals surface area contributed by atoms with E-state index in [0.717, 1.165) is 16.5 Å². The fourth-order valence-corrected chi connectivity index (χ4v) is 4.20. The molecule has 0 spiro atoms. The first-order chi connectivity index (χ1) is 18.4. The summed E-state index contributed by atoms with van der Waals surface area (Å²) in [6.07, 6.45) is 6.06. The topological polar surface area (TPSA) is 131 Å². The summed E-state index contributed by atoms with van der Waals surface area (Å²) >= 11 is 6.57. The van der Waals surface area contributed by atoms with Crippen molar-refractivity contribution in [1.29, 1.82) is 0 Å². The van der Waals surface area contributed by atoms with Crippen LogP contribution in [-0.4, -0.2) is 42.8 Å². The predicted molar refractivity (Wildman–Crippen MR) is 143 cm³/mol. The molecule has 0 saturated carbocycles. The van der Waals surface area contributed by atoms with Crippen molar-refractivity contribution < 1.29 is 14.3 Å². The van der Waals surface area contributed by atoms with Crippen LogP contribution in [0.25, 0.3) is 33.5 Å². The molecule has 0 aliphatic rings. The third-order valence-corrected chi connectivity index (χ3v) is 6.15. The number of halogens is 1. The smallest absolute Gasteiger partial charge is 0.305 e. The summed E-state index contributed by atoms with van der Waals surface area (Å²) in [5.41, 5.74) is 10.9. The van der Waals surface area contributed by atoms with Gasteiger partial charge in [0.05, 0.1) is 23.3 Å². The van der Waals surface area contributed by atoms with E-state index in [1.807, 2.05) is 49.6 Å². The van der Waals surface area contributed by atoms with E-state index in [9.17, 15) is 4.79 Å². The zero-order chi connectivity index (χ0) is 26.6. The van der Waals surface area contributed by atoms with E-state index >= 15 is 0 Å². The minimum atomic E-state index is -0.264. The van der Waals surface area contributed by atoms with Gasteiger partial charge >= 0.3 is 5.97 Å². The van der Waals surface area contributed by atoms with Gasteiger partial charge in [0, 0.05) is 43.0 Å². The lowest BCUT2D eigenvalue weighted by Crippen LogP contribution is -2.07. The van der Waals surface area contributed by atoms with Crippen LogP contribution in [0.15, 0.2) is 61.1 Å². The molecule has 0 aliphatic carbocycles. The third-order valence-electron chi connectivity index (χ3n) is 5.87. The Balaban J connectivity index is 1.46. The van der Waals surface area contributed by atoms with Gasteiger partial charge in [0.2, 0.25) is 0 Å². The first-order valence-corrected chi connectivity index (χ1v) is 12.1. The normalized spacial score (nSPS) is 11.0. The van der Waals surface area contributed by atoms with Gasteiger partial charge in [0.15, 0.2) is 5.82 Å². The molecule has 1 aromatic carbocycles. The molecule has 10 nitrogen and oxygen atoms in total. The number of ether oxygens (including phenoxy) is 2. The van der Waals surface area contributed by atoms with Crippen LogP contribution in [0.3, 0.4) is 0 Å². The standard InChI is InChI=1S/C27H24ClN7O3/c1-35-11-9-21(34-35)25-24(18-12-17-4-3-10-30-23(17)20(28)13-18)33-27(26(29)32-25)38-15-19-7-5-16(14-31-19)6-8-22(36)37-2/h3-5,7,9-14H,6,8,15H2,1-2H3,(H2,29,32). The highest BCUT2D eigenvalue weighted by atomic mass is 35.5. The zero-order valence-corrected chi connectivity index (χ0v) is 21.5. The number of carbonyl (C=O) groups excluding carboxylic acids is 1. The Morgan fingerprint density at radius 2 is 1.97 bits per heavy atom. The summed E-state index contributed by atoms with van der Waals surface area (Å²) in [6, 6.07) is 13.1. The maximum Gasteiger partial charge on any atom is 0.305 e. The molecule has 5 aromatic rings. The summed E-state index contributed by atoms with van der Waals surface area (Å²) in [5, 5.41) is 5.84. The van der Waals surface area contributed by atoms with Gasteiger partial charge in [0.1, 0.15) is 23.7 Å². The average Bonchev–Trinajstić information content (AvgIpc) is 3.37. The van der Waals surface area contributed by atoms with E-state index in [0.29, 0.717) is 46.2 Å². The van der Waals surface area contributed by atoms with Crippen LogP contribution < -0.4 is 10.5 Å². The lowest BCUT2D eigenvalue weighted by molar-refractivity contribution is -0.140. The number of hydrogen-bond donors (Lipinski definition) is 1. The van der Waals surface area contributed by atoms with Crippen LogP contribution in [-0.2, 0) is 29.6 Å². The number of rotatable bonds is 8. The van der Waals surface area contributed by atoms with Gasteiger partial charge in [-0.15, -0.1) is 0 Å². The number of nitrogens with zero attached hydrogens (tertiary/aromatic N) is 6. The highest BCUT2D eigenvalue weighted by molar-refractivity contribution is 6.35. The summed E-state index contributed by atoms with van der Waals surface area (Å²) in [7, 11) is 3.19. The minimum absolute atomic E-state index is 0.123. The molecule has 0 radical (unpaired) electrons. The largest absolute Gasteiger partial charge is 0.469 e. The highest BCUT2D eigenvalue weighted by Gasteiger charge is 2.20. The van der Waals surface area contributed by atoms with Gasteiger partial charge in [-0.2, -0.15) is 5.10 Å². The average molecular weight is 530 g/mol. The molecule has 38 heavy (non-hydrogen) atoms. The highest BCUT2D eigenvalue weighted by Crippen LogP contribution is 2.36. The predicted octanol–water partition coefficient (Wildman–Crippen LogP) is 4.41. The van der Waals surface area contributed by atoms with E-state index < -0.39 is 0 Å². The number of pyridine rings is 2. The van der Waals surface area contributed by atoms with Crippen LogP contribution in [0.1, 0.15) is 17.7 Å². The molecule has 11 heteroatoms. The first-order valence-electron chi connectivity index (χ1n) is 11.8. The number of esters is 1. The number of aryl methyl sites for hydroxylation is 2. The number of aromatic nitrogens is 6. The van der Waals surface area contributed by atoms with Crippen LogP contribution >= 0.6 is 11.6 Å². The van der Waals surface area contributed by atoms with Gasteiger partial charge in [-0.3, -0.25) is 19.4 Å². The monoisotopic (exact) mass is 529 g/mol. The van der Waals surface area contributed by atoms with Crippen molar-refractivity contribution in [3.8, 4) is 28.5 Å². The van der Waals surface area contributed by atoms with Crippen molar-refractivity contribution in [2.24, 2.45) is 7.05 Å². The summed E-state index contributed by atoms with van der Waals surface area (Å²) < 4.78 is 12.3. The minimum Gasteiger partial charge on any atom is -0.469 e. The van der Waals surface area contributed by atoms with Crippen LogP contribution in [0.4, 0.5) is 5.82 Å². The molecule has 0 saturated heterocycles. The van der Waals surface area contributed by atoms with Gasteiger partial charge < -0.3 is 15.2 Å². The molecular weight excluding hydrogens is 506 g/mol. The molecule has 0 atom stereocenters. The number of nitrogen functional groups attached to an aromatic ring is 1. The van der Waals surface area contributed by atoms with E-state index in [1.54, 1.807) is 23.1 Å². The van der Waals surface area contributed by atoms with Gasteiger partial charge in [-0.05, 0) is 42.3 Å². The molecule has 192 valence electrons. The van der Waals surface area contributed by atoms with Gasteiger partial charge in [-0.1, -0.05) is 23.7 Å². The number of nitrogens with two attached hydrogens (primary N) is 1. The molecule has 4 aromatic heterocycles. The summed E-state index contributed by atoms with van der Waals surface area (Å²) in [6.45, 7) is 0.126. The molecular formula is C27H24ClN7O3. The Morgan fingerprint density at radius 3 is 2.71 bits per heavy atom. The number of methoxy groups -OCH3 is 1. The van der Waals surface area contributed by atoms with E-state index in [1.165, 1.54) is 7.11 Å². The Kier molecular flexibility index (Phi) is 7.14. The second-order valence-electron chi connectivity index (χ2n) is 8.54. The Morgan fingerprint density at radius 1 is 1.11 bits per heavy atom. The molecule has 2 N–H and O–H groups in total. The molecule has 5 rings (SSSR count). The van der Waals surface area contributed by atoms with Crippen molar-refractivity contribution in [1.82, 2.24) is 29.7 Å². The lowest BCUT2D eigenvalue weighted by atomic mass is 10.0. The Bertz CT molecular complexity index is 1620. The Hall–Kier alpha value is -4.57. The molecule has 0 bridgehead atoms. The first kappa shape index (κ1) is 25.1. The summed E-state index contributed by atoms with van der Waals surface area (Å²) in [5.74, 6) is 0.0247. The van der Waals surface area contributed by atoms with Crippen molar-refractivity contribution in [3.05, 3.63) is 77.3 Å².